The van der Waals surface area contributed by atoms with Crippen LogP contribution in [0.4, 0.5) is 15.2 Å². The maximum absolute atomic E-state index is 14.8. The van der Waals surface area contributed by atoms with Crippen molar-refractivity contribution in [3.05, 3.63) is 53.3 Å². The Kier molecular flexibility index (Phi) is 12.7. The molecule has 0 spiro atoms. The fraction of sp³-hybridized carbons (Fsp3) is 0.641. The van der Waals surface area contributed by atoms with E-state index in [0.29, 0.717) is 60.0 Å². The van der Waals surface area contributed by atoms with Gasteiger partial charge in [0.1, 0.15) is 17.4 Å². The molecule has 2 saturated heterocycles. The van der Waals surface area contributed by atoms with Crippen LogP contribution in [0.2, 0.25) is 0 Å². The molecule has 3 aliphatic heterocycles. The minimum Gasteiger partial charge on any atom is -0.446 e. The Morgan fingerprint density at radius 1 is 1.11 bits per heavy atom. The molecule has 0 radical (unpaired) electrons. The van der Waals surface area contributed by atoms with Crippen LogP contribution in [0.15, 0.2) is 45.7 Å². The number of alkyl carbamates (subject to hydrolysis) is 1. The molecule has 4 aliphatic rings. The zero-order valence-electron chi connectivity index (χ0n) is 31.1. The SMILES string of the molecule is CC(C)Nc1nc2cc3c(cc2o1)S(=O)(=O)N(C[C@@H](O)[C@H](Cc1ccc(F)cc1)NC(=O)O[C@H]1C[C@H]2CO[C@H]4OCC[C@@H]1[C@@H]24)CCCCCCCCSC3. The third-order valence-corrected chi connectivity index (χ3v) is 14.2. The zero-order chi connectivity index (χ0) is 37.8. The van der Waals surface area contributed by atoms with E-state index in [0.717, 1.165) is 44.3 Å². The Morgan fingerprint density at radius 2 is 1.89 bits per heavy atom. The van der Waals surface area contributed by atoms with E-state index in [9.17, 15) is 22.7 Å². The average molecular weight is 789 g/mol. The van der Waals surface area contributed by atoms with Crippen LogP contribution >= 0.6 is 11.8 Å². The molecule has 1 aromatic heterocycles. The van der Waals surface area contributed by atoms with Crippen molar-refractivity contribution in [2.24, 2.45) is 17.8 Å². The minimum absolute atomic E-state index is 0.0677. The van der Waals surface area contributed by atoms with Gasteiger partial charge in [-0.25, -0.2) is 17.6 Å². The molecule has 7 atom stereocenters. The fourth-order valence-electron chi connectivity index (χ4n) is 8.46. The second kappa shape index (κ2) is 17.5. The number of fused-ring (bicyclic) bond motifs is 2. The molecule has 3 N–H and O–H groups in total. The number of benzene rings is 2. The van der Waals surface area contributed by atoms with E-state index < -0.39 is 34.1 Å². The maximum atomic E-state index is 14.8. The summed E-state index contributed by atoms with van der Waals surface area (Å²) in [6.45, 7) is 4.96. The number of ether oxygens (including phenoxy) is 3. The van der Waals surface area contributed by atoms with Gasteiger partial charge in [-0.2, -0.15) is 21.1 Å². The molecule has 2 aromatic carbocycles. The molecule has 12 nitrogen and oxygen atoms in total. The summed E-state index contributed by atoms with van der Waals surface area (Å²) in [6, 6.07) is 8.64. The number of nitrogens with one attached hydrogen (secondary N) is 2. The summed E-state index contributed by atoms with van der Waals surface area (Å²) in [5, 5.41) is 18.0. The molecular weight excluding hydrogens is 736 g/mol. The number of hydrogen-bond donors (Lipinski definition) is 3. The summed E-state index contributed by atoms with van der Waals surface area (Å²) in [7, 11) is -4.17. The molecule has 4 heterocycles. The lowest BCUT2D eigenvalue weighted by Gasteiger charge is -2.33. The van der Waals surface area contributed by atoms with Gasteiger partial charge in [0.2, 0.25) is 10.0 Å². The maximum Gasteiger partial charge on any atom is 0.407 e. The third-order valence-electron chi connectivity index (χ3n) is 11.2. The number of β-amino-alcohol motifs (C(OH)–C–C–N with tert-alkyl or cyclic N) is 1. The summed E-state index contributed by atoms with van der Waals surface area (Å²) >= 11 is 1.69. The smallest absolute Gasteiger partial charge is 0.407 e. The first-order chi connectivity index (χ1) is 26.0. The van der Waals surface area contributed by atoms with E-state index in [2.05, 4.69) is 15.6 Å². The number of aliphatic hydroxyl groups is 1. The zero-order valence-corrected chi connectivity index (χ0v) is 32.7. The van der Waals surface area contributed by atoms with E-state index in [1.165, 1.54) is 16.4 Å². The van der Waals surface area contributed by atoms with Gasteiger partial charge < -0.3 is 34.4 Å². The number of aliphatic hydroxyl groups excluding tert-OH is 1. The largest absolute Gasteiger partial charge is 0.446 e. The summed E-state index contributed by atoms with van der Waals surface area (Å²) in [4.78, 5) is 18.3. The molecule has 0 unspecified atom stereocenters. The predicted molar refractivity (Wildman–Crippen MR) is 204 cm³/mol. The van der Waals surface area contributed by atoms with Crippen LogP contribution in [-0.2, 0) is 36.4 Å². The summed E-state index contributed by atoms with van der Waals surface area (Å²) in [5.74, 6) is 1.54. The average Bonchev–Trinajstić information content (AvgIpc) is 3.84. The first-order valence-corrected chi connectivity index (χ1v) is 22.1. The van der Waals surface area contributed by atoms with E-state index in [1.807, 2.05) is 13.8 Å². The van der Waals surface area contributed by atoms with Crippen molar-refractivity contribution in [2.75, 3.05) is 37.4 Å². The molecule has 3 aromatic rings. The Hall–Kier alpha value is -2.95. The van der Waals surface area contributed by atoms with Crippen molar-refractivity contribution in [1.29, 1.82) is 0 Å². The number of anilines is 1. The van der Waals surface area contributed by atoms with Gasteiger partial charge in [0.25, 0.3) is 6.01 Å². The van der Waals surface area contributed by atoms with Crippen molar-refractivity contribution in [2.45, 2.75) is 113 Å². The summed E-state index contributed by atoms with van der Waals surface area (Å²) in [6.07, 6.45) is 4.69. The molecule has 1 aliphatic carbocycles. The lowest BCUT2D eigenvalue weighted by molar-refractivity contribution is -0.173. The van der Waals surface area contributed by atoms with Gasteiger partial charge in [-0.3, -0.25) is 0 Å². The first-order valence-electron chi connectivity index (χ1n) is 19.5. The monoisotopic (exact) mass is 788 g/mol. The highest BCUT2D eigenvalue weighted by atomic mass is 32.2. The van der Waals surface area contributed by atoms with Crippen LogP contribution < -0.4 is 10.6 Å². The highest BCUT2D eigenvalue weighted by Crippen LogP contribution is 2.50. The number of halogens is 1. The highest BCUT2D eigenvalue weighted by Gasteiger charge is 2.55. The van der Waals surface area contributed by atoms with Crippen LogP contribution in [0.1, 0.15) is 76.3 Å². The molecule has 1 saturated carbocycles. The second-order valence-electron chi connectivity index (χ2n) is 15.5. The molecule has 54 heavy (non-hydrogen) atoms. The quantitative estimate of drug-likeness (QED) is 0.219. The second-order valence-corrected chi connectivity index (χ2v) is 18.5. The van der Waals surface area contributed by atoms with E-state index in [4.69, 9.17) is 18.6 Å². The van der Waals surface area contributed by atoms with E-state index in [-0.39, 0.29) is 60.6 Å². The number of carbonyl (C=O) groups excluding carboxylic acids is 1. The number of aromatic nitrogens is 1. The van der Waals surface area contributed by atoms with Gasteiger partial charge in [-0.15, -0.1) is 0 Å². The van der Waals surface area contributed by atoms with Gasteiger partial charge in [0.15, 0.2) is 11.9 Å². The number of nitrogens with zero attached hydrogens (tertiary/aromatic N) is 2. The van der Waals surface area contributed by atoms with Crippen LogP contribution in [0.25, 0.3) is 11.1 Å². The van der Waals surface area contributed by atoms with Gasteiger partial charge in [-0.1, -0.05) is 37.8 Å². The van der Waals surface area contributed by atoms with Crippen LogP contribution in [0.3, 0.4) is 0 Å². The third kappa shape index (κ3) is 9.18. The molecular formula is C39H53FN4O8S2. The van der Waals surface area contributed by atoms with Gasteiger partial charge in [0.05, 0.1) is 30.3 Å². The number of sulfonamides is 1. The topological polar surface area (TPSA) is 152 Å². The number of hydrogen-bond acceptors (Lipinski definition) is 11. The van der Waals surface area contributed by atoms with Crippen molar-refractivity contribution in [3.63, 3.8) is 0 Å². The van der Waals surface area contributed by atoms with Crippen LogP contribution in [0, 0.1) is 23.6 Å². The molecule has 0 bridgehead atoms. The van der Waals surface area contributed by atoms with Gasteiger partial charge in [0, 0.05) is 42.8 Å². The molecule has 296 valence electrons. The lowest BCUT2D eigenvalue weighted by Crippen LogP contribution is -2.51. The van der Waals surface area contributed by atoms with Crippen molar-refractivity contribution in [1.82, 2.24) is 14.6 Å². The number of thioether (sulfide) groups is 1. The van der Waals surface area contributed by atoms with Crippen LogP contribution in [0.5, 0.6) is 0 Å². The molecule has 3 fully saturated rings. The Bertz CT molecular complexity index is 1840. The summed E-state index contributed by atoms with van der Waals surface area (Å²) in [5.41, 5.74) is 2.21. The normalized spacial score (nSPS) is 27.5. The van der Waals surface area contributed by atoms with E-state index >= 15 is 0 Å². The Labute approximate surface area is 321 Å². The molecule has 1 amide bonds. The standard InChI is InChI=1S/C39H53FN4O8S2/c1-24(2)41-38-42-31-18-27-23-53-16-8-6-4-3-5-7-14-44(54(47,48)35(27)20-34(31)51-38)21-32(45)30(17-25-9-11-28(40)12-10-25)43-39(46)52-33-19-26-22-50-37-36(26)29(33)13-15-49-37/h9-12,18,20,24,26,29-30,32-33,36-37,45H,3-8,13-17,19,21-23H2,1-2H3,(H,41,42)(H,43,46)/t26-,29-,30-,32+,33-,36+,37+/m0/s1. The van der Waals surface area contributed by atoms with Gasteiger partial charge in [-0.05, 0) is 86.9 Å². The van der Waals surface area contributed by atoms with Gasteiger partial charge >= 0.3 is 6.09 Å². The molecule has 7 rings (SSSR count). The van der Waals surface area contributed by atoms with Crippen molar-refractivity contribution < 1.29 is 41.3 Å². The van der Waals surface area contributed by atoms with E-state index in [1.54, 1.807) is 36.0 Å². The van der Waals surface area contributed by atoms with Crippen molar-refractivity contribution >= 4 is 45.0 Å². The Balaban J connectivity index is 1.15. The number of amides is 1. The van der Waals surface area contributed by atoms with Crippen molar-refractivity contribution in [3.8, 4) is 0 Å². The first kappa shape index (κ1) is 39.3. The van der Waals surface area contributed by atoms with Crippen LogP contribution in [-0.4, -0.2) is 91.5 Å². The lowest BCUT2D eigenvalue weighted by atomic mass is 9.87. The minimum atomic E-state index is -4.17. The predicted octanol–water partition coefficient (Wildman–Crippen LogP) is 6.46. The fourth-order valence-corrected chi connectivity index (χ4v) is 11.3. The number of carbonyl (C=O) groups is 1. The Morgan fingerprint density at radius 3 is 2.69 bits per heavy atom. The highest BCUT2D eigenvalue weighted by molar-refractivity contribution is 7.98. The number of rotatable bonds is 9. The number of oxazole rings is 1. The summed E-state index contributed by atoms with van der Waals surface area (Å²) < 4.78 is 68.4. The molecule has 15 heteroatoms.